The van der Waals surface area contributed by atoms with Gasteiger partial charge in [-0.25, -0.2) is 4.79 Å². The molecule has 1 aromatic rings. The summed E-state index contributed by atoms with van der Waals surface area (Å²) in [6, 6.07) is 7.90. The number of nitrogens with zero attached hydrogens (tertiary/aromatic N) is 1. The number of nitrogens with one attached hydrogen (secondary N) is 1. The summed E-state index contributed by atoms with van der Waals surface area (Å²) in [7, 11) is 0. The molecule has 17 heavy (non-hydrogen) atoms. The minimum absolute atomic E-state index is 0.106. The Bertz CT molecular complexity index is 406. The number of amides is 1. The minimum atomic E-state index is -0.256. The van der Waals surface area contributed by atoms with Crippen LogP contribution in [0.5, 0.6) is 0 Å². The van der Waals surface area contributed by atoms with Crippen molar-refractivity contribution in [3.8, 4) is 0 Å². The summed E-state index contributed by atoms with van der Waals surface area (Å²) < 4.78 is 5.22. The molecule has 0 aromatic heterocycles. The molecule has 0 fully saturated rings. The first kappa shape index (κ1) is 11.8. The Hall–Kier alpha value is -1.71. The lowest BCUT2D eigenvalue weighted by molar-refractivity contribution is 0.151. The number of fused-ring (bicyclic) bond motifs is 1. The number of carbonyl (C=O) groups is 1. The van der Waals surface area contributed by atoms with Crippen LogP contribution in [0.25, 0.3) is 0 Å². The Balaban J connectivity index is 2.23. The van der Waals surface area contributed by atoms with Gasteiger partial charge in [0.05, 0.1) is 24.0 Å². The first-order valence-corrected chi connectivity index (χ1v) is 6.03. The van der Waals surface area contributed by atoms with Crippen molar-refractivity contribution in [3.05, 3.63) is 24.3 Å². The molecule has 4 heteroatoms. The predicted octanol–water partition coefficient (Wildman–Crippen LogP) is 2.85. The number of carbonyl (C=O) groups excluding carboxylic acids is 1. The molecule has 1 unspecified atom stereocenters. The van der Waals surface area contributed by atoms with Crippen LogP contribution in [0.1, 0.15) is 20.3 Å². The fourth-order valence-electron chi connectivity index (χ4n) is 1.96. The van der Waals surface area contributed by atoms with Crippen LogP contribution in [0, 0.1) is 0 Å². The maximum atomic E-state index is 12.0. The minimum Gasteiger partial charge on any atom is -0.449 e. The maximum absolute atomic E-state index is 12.0. The van der Waals surface area contributed by atoms with E-state index >= 15 is 0 Å². The van der Waals surface area contributed by atoms with Gasteiger partial charge in [-0.1, -0.05) is 19.1 Å². The molecule has 1 aliphatic rings. The van der Waals surface area contributed by atoms with Crippen LogP contribution in [0.2, 0.25) is 0 Å². The first-order chi connectivity index (χ1) is 8.24. The quantitative estimate of drug-likeness (QED) is 0.855. The Labute approximate surface area is 102 Å². The van der Waals surface area contributed by atoms with Crippen molar-refractivity contribution in [2.75, 3.05) is 23.4 Å². The molecule has 1 N–H and O–H groups in total. The molecule has 1 aromatic carbocycles. The van der Waals surface area contributed by atoms with Gasteiger partial charge in [-0.2, -0.15) is 0 Å². The van der Waals surface area contributed by atoms with Crippen molar-refractivity contribution in [3.63, 3.8) is 0 Å². The van der Waals surface area contributed by atoms with Crippen molar-refractivity contribution < 1.29 is 9.53 Å². The van der Waals surface area contributed by atoms with Crippen molar-refractivity contribution in [1.29, 1.82) is 0 Å². The highest BCUT2D eigenvalue weighted by atomic mass is 16.6. The summed E-state index contributed by atoms with van der Waals surface area (Å²) in [4.78, 5) is 13.7. The lowest BCUT2D eigenvalue weighted by atomic mass is 10.1. The summed E-state index contributed by atoms with van der Waals surface area (Å²) in [5.41, 5.74) is 1.88. The summed E-state index contributed by atoms with van der Waals surface area (Å²) in [5.74, 6) is 0. The number of anilines is 2. The number of para-hydroxylation sites is 2. The van der Waals surface area contributed by atoms with Crippen LogP contribution in [-0.2, 0) is 4.74 Å². The molecule has 4 nitrogen and oxygen atoms in total. The summed E-state index contributed by atoms with van der Waals surface area (Å²) in [6.07, 6.45) is 0.585. The number of rotatable bonds is 2. The van der Waals surface area contributed by atoms with Crippen molar-refractivity contribution in [2.24, 2.45) is 0 Å². The van der Waals surface area contributed by atoms with E-state index < -0.39 is 0 Å². The number of ether oxygens (including phenoxy) is 1. The molecular formula is C13H18N2O2. The van der Waals surface area contributed by atoms with E-state index in [1.807, 2.05) is 38.1 Å². The number of benzene rings is 1. The lowest BCUT2D eigenvalue weighted by Gasteiger charge is -2.35. The van der Waals surface area contributed by atoms with E-state index in [1.54, 1.807) is 4.90 Å². The molecule has 1 atom stereocenters. The van der Waals surface area contributed by atoms with Gasteiger partial charge in [0.1, 0.15) is 0 Å². The van der Waals surface area contributed by atoms with Gasteiger partial charge in [-0.3, -0.25) is 4.90 Å². The molecule has 1 heterocycles. The van der Waals surface area contributed by atoms with Gasteiger partial charge in [-0.15, -0.1) is 0 Å². The third kappa shape index (κ3) is 2.35. The second-order valence-electron chi connectivity index (χ2n) is 4.23. The topological polar surface area (TPSA) is 41.6 Å². The van der Waals surface area contributed by atoms with E-state index in [0.717, 1.165) is 24.3 Å². The second kappa shape index (κ2) is 5.08. The predicted molar refractivity (Wildman–Crippen MR) is 68.5 cm³/mol. The van der Waals surface area contributed by atoms with E-state index in [0.29, 0.717) is 6.61 Å². The van der Waals surface area contributed by atoms with Gasteiger partial charge in [0.15, 0.2) is 0 Å². The standard InChI is InChI=1S/C13H18N2O2/c1-3-8-17-13(16)15-10(2)9-14-11-6-4-5-7-12(11)15/h4-7,10,14H,3,8-9H2,1-2H3. The van der Waals surface area contributed by atoms with Crippen molar-refractivity contribution in [2.45, 2.75) is 26.3 Å². The summed E-state index contributed by atoms with van der Waals surface area (Å²) in [5, 5.41) is 3.30. The first-order valence-electron chi connectivity index (χ1n) is 6.03. The molecule has 0 saturated heterocycles. The monoisotopic (exact) mass is 234 g/mol. The number of hydrogen-bond acceptors (Lipinski definition) is 3. The van der Waals surface area contributed by atoms with Crippen LogP contribution >= 0.6 is 0 Å². The Morgan fingerprint density at radius 2 is 2.29 bits per heavy atom. The van der Waals surface area contributed by atoms with Crippen molar-refractivity contribution >= 4 is 17.5 Å². The summed E-state index contributed by atoms with van der Waals surface area (Å²) in [6.45, 7) is 5.22. The third-order valence-corrected chi connectivity index (χ3v) is 2.82. The fourth-order valence-corrected chi connectivity index (χ4v) is 1.96. The van der Waals surface area contributed by atoms with E-state index in [4.69, 9.17) is 4.74 Å². The molecule has 1 aliphatic heterocycles. The molecular weight excluding hydrogens is 216 g/mol. The average Bonchev–Trinajstić information content (AvgIpc) is 2.35. The maximum Gasteiger partial charge on any atom is 0.414 e. The van der Waals surface area contributed by atoms with Crippen LogP contribution in [-0.4, -0.2) is 25.3 Å². The normalized spacial score (nSPS) is 18.2. The van der Waals surface area contributed by atoms with Gasteiger partial charge >= 0.3 is 6.09 Å². The summed E-state index contributed by atoms with van der Waals surface area (Å²) >= 11 is 0. The van der Waals surface area contributed by atoms with Crippen LogP contribution in [0.15, 0.2) is 24.3 Å². The highest BCUT2D eigenvalue weighted by molar-refractivity contribution is 5.94. The molecule has 0 radical (unpaired) electrons. The largest absolute Gasteiger partial charge is 0.449 e. The SMILES string of the molecule is CCCOC(=O)N1c2ccccc2NCC1C. The van der Waals surface area contributed by atoms with Gasteiger partial charge in [0.25, 0.3) is 0 Å². The van der Waals surface area contributed by atoms with Gasteiger partial charge < -0.3 is 10.1 Å². The number of hydrogen-bond donors (Lipinski definition) is 1. The van der Waals surface area contributed by atoms with Gasteiger partial charge in [0.2, 0.25) is 0 Å². The van der Waals surface area contributed by atoms with E-state index in [-0.39, 0.29) is 12.1 Å². The average molecular weight is 234 g/mol. The van der Waals surface area contributed by atoms with E-state index in [9.17, 15) is 4.79 Å². The molecule has 1 amide bonds. The molecule has 0 saturated carbocycles. The third-order valence-electron chi connectivity index (χ3n) is 2.82. The highest BCUT2D eigenvalue weighted by Gasteiger charge is 2.28. The Morgan fingerprint density at radius 3 is 3.06 bits per heavy atom. The zero-order valence-electron chi connectivity index (χ0n) is 10.3. The molecule has 0 spiro atoms. The van der Waals surface area contributed by atoms with Crippen LogP contribution in [0.4, 0.5) is 16.2 Å². The lowest BCUT2D eigenvalue weighted by Crippen LogP contribution is -2.46. The highest BCUT2D eigenvalue weighted by Crippen LogP contribution is 2.31. The van der Waals surface area contributed by atoms with Crippen LogP contribution < -0.4 is 10.2 Å². The zero-order chi connectivity index (χ0) is 12.3. The van der Waals surface area contributed by atoms with Gasteiger partial charge in [-0.05, 0) is 25.5 Å². The van der Waals surface area contributed by atoms with E-state index in [2.05, 4.69) is 5.32 Å². The van der Waals surface area contributed by atoms with E-state index in [1.165, 1.54) is 0 Å². The Morgan fingerprint density at radius 1 is 1.53 bits per heavy atom. The van der Waals surface area contributed by atoms with Crippen LogP contribution in [0.3, 0.4) is 0 Å². The molecule has 2 rings (SSSR count). The van der Waals surface area contributed by atoms with Crippen molar-refractivity contribution in [1.82, 2.24) is 0 Å². The Kier molecular flexibility index (Phi) is 3.52. The molecule has 92 valence electrons. The second-order valence-corrected chi connectivity index (χ2v) is 4.23. The molecule has 0 aliphatic carbocycles. The smallest absolute Gasteiger partial charge is 0.414 e. The zero-order valence-corrected chi connectivity index (χ0v) is 10.3. The molecule has 0 bridgehead atoms. The van der Waals surface area contributed by atoms with Gasteiger partial charge in [0, 0.05) is 6.54 Å². The fraction of sp³-hybridized carbons (Fsp3) is 0.462.